The molecule has 1 aromatic carbocycles. The Morgan fingerprint density at radius 3 is 2.46 bits per heavy atom. The number of likely N-dealkylation sites (tertiary alicyclic amines) is 1. The van der Waals surface area contributed by atoms with Gasteiger partial charge in [0.05, 0.1) is 6.42 Å². The van der Waals surface area contributed by atoms with Crippen molar-refractivity contribution in [1.82, 2.24) is 15.5 Å². The summed E-state index contributed by atoms with van der Waals surface area (Å²) in [4.78, 5) is 18.3. The summed E-state index contributed by atoms with van der Waals surface area (Å²) in [6, 6.07) is 10.3. The lowest BCUT2D eigenvalue weighted by Crippen LogP contribution is -2.42. The number of halogens is 3. The van der Waals surface area contributed by atoms with E-state index in [2.05, 4.69) is 27.8 Å². The Balaban J connectivity index is 1.76. The van der Waals surface area contributed by atoms with Crippen LogP contribution < -0.4 is 10.6 Å². The van der Waals surface area contributed by atoms with Crippen LogP contribution in [0.25, 0.3) is 0 Å². The molecule has 8 heteroatoms. The van der Waals surface area contributed by atoms with Crippen molar-refractivity contribution in [3.8, 4) is 0 Å². The number of guanidine groups is 1. The van der Waals surface area contributed by atoms with Gasteiger partial charge in [-0.25, -0.2) is 4.99 Å². The number of hydrogen-bond acceptors (Lipinski definition) is 2. The van der Waals surface area contributed by atoms with Gasteiger partial charge in [-0.1, -0.05) is 30.3 Å². The number of benzene rings is 1. The molecule has 1 aromatic rings. The van der Waals surface area contributed by atoms with E-state index in [4.69, 9.17) is 0 Å². The number of rotatable bonds is 7. The molecule has 2 N–H and O–H groups in total. The molecule has 1 saturated heterocycles. The Morgan fingerprint density at radius 1 is 1.18 bits per heavy atom. The highest BCUT2D eigenvalue weighted by molar-refractivity contribution is 5.85. The third kappa shape index (κ3) is 8.19. The second kappa shape index (κ2) is 10.9. The van der Waals surface area contributed by atoms with Gasteiger partial charge >= 0.3 is 6.18 Å². The molecule has 1 aliphatic heterocycles. The maximum Gasteiger partial charge on any atom is 0.390 e. The third-order valence-electron chi connectivity index (χ3n) is 4.75. The molecule has 0 spiro atoms. The van der Waals surface area contributed by atoms with E-state index in [1.807, 2.05) is 25.1 Å². The molecule has 1 aliphatic rings. The van der Waals surface area contributed by atoms with Crippen LogP contribution in [-0.4, -0.2) is 55.7 Å². The van der Waals surface area contributed by atoms with Gasteiger partial charge in [0.15, 0.2) is 5.96 Å². The van der Waals surface area contributed by atoms with E-state index >= 15 is 0 Å². The van der Waals surface area contributed by atoms with Crippen molar-refractivity contribution in [3.05, 3.63) is 35.9 Å². The molecule has 5 nitrogen and oxygen atoms in total. The predicted molar refractivity (Wildman–Crippen MR) is 104 cm³/mol. The predicted octanol–water partition coefficient (Wildman–Crippen LogP) is 2.98. The van der Waals surface area contributed by atoms with E-state index in [0.29, 0.717) is 25.6 Å². The Bertz CT molecular complexity index is 626. The van der Waals surface area contributed by atoms with Crippen molar-refractivity contribution in [2.24, 2.45) is 10.9 Å². The minimum absolute atomic E-state index is 0.0648. The molecular weight excluding hydrogens is 369 g/mol. The van der Waals surface area contributed by atoms with Crippen LogP contribution in [0.1, 0.15) is 31.7 Å². The lowest BCUT2D eigenvalue weighted by atomic mass is 9.90. The largest absolute Gasteiger partial charge is 0.390 e. The summed E-state index contributed by atoms with van der Waals surface area (Å²) >= 11 is 0. The quantitative estimate of drug-likeness (QED) is 0.549. The molecule has 28 heavy (non-hydrogen) atoms. The molecule has 1 amide bonds. The van der Waals surface area contributed by atoms with Crippen molar-refractivity contribution >= 4 is 11.9 Å². The number of carbonyl (C=O) groups excluding carboxylic acids is 1. The number of alkyl halides is 3. The molecular formula is C20H29F3N4O. The van der Waals surface area contributed by atoms with Crippen molar-refractivity contribution in [2.45, 2.75) is 38.8 Å². The summed E-state index contributed by atoms with van der Waals surface area (Å²) < 4.78 is 36.8. The molecule has 0 atom stereocenters. The lowest BCUT2D eigenvalue weighted by molar-refractivity contribution is -0.133. The average Bonchev–Trinajstić information content (AvgIpc) is 2.66. The van der Waals surface area contributed by atoms with Gasteiger partial charge < -0.3 is 15.5 Å². The number of amides is 1. The first-order chi connectivity index (χ1) is 13.4. The van der Waals surface area contributed by atoms with E-state index in [-0.39, 0.29) is 25.0 Å². The number of hydrogen-bond donors (Lipinski definition) is 2. The monoisotopic (exact) mass is 398 g/mol. The van der Waals surface area contributed by atoms with Crippen LogP contribution in [0.4, 0.5) is 13.2 Å². The fourth-order valence-electron chi connectivity index (χ4n) is 3.24. The number of aliphatic imine (C=N–C) groups is 1. The van der Waals surface area contributed by atoms with Gasteiger partial charge in [-0.15, -0.1) is 0 Å². The molecule has 0 bridgehead atoms. The SMILES string of the molecule is CCNC(=NCC(=O)N1CCC(Cc2ccccc2)CC1)NCCC(F)(F)F. The molecule has 0 aliphatic carbocycles. The molecule has 0 aromatic heterocycles. The number of nitrogens with zero attached hydrogens (tertiary/aromatic N) is 2. The first-order valence-corrected chi connectivity index (χ1v) is 9.78. The number of nitrogens with one attached hydrogen (secondary N) is 2. The van der Waals surface area contributed by atoms with E-state index in [9.17, 15) is 18.0 Å². The van der Waals surface area contributed by atoms with Crippen LogP contribution in [0.15, 0.2) is 35.3 Å². The van der Waals surface area contributed by atoms with Gasteiger partial charge in [-0.05, 0) is 37.7 Å². The summed E-state index contributed by atoms with van der Waals surface area (Å²) in [5, 5.41) is 5.48. The van der Waals surface area contributed by atoms with Gasteiger partial charge in [-0.2, -0.15) is 13.2 Å². The highest BCUT2D eigenvalue weighted by Gasteiger charge is 2.26. The standard InChI is InChI=1S/C20H29F3N4O/c1-2-24-19(25-11-10-20(21,22)23)26-15-18(28)27-12-8-17(9-13-27)14-16-6-4-3-5-7-16/h3-7,17H,2,8-15H2,1H3,(H2,24,25,26). The zero-order valence-corrected chi connectivity index (χ0v) is 16.3. The normalized spacial score (nSPS) is 16.1. The zero-order chi connectivity index (χ0) is 20.4. The van der Waals surface area contributed by atoms with E-state index in [0.717, 1.165) is 19.3 Å². The van der Waals surface area contributed by atoms with Gasteiger partial charge in [-0.3, -0.25) is 4.79 Å². The minimum Gasteiger partial charge on any atom is -0.357 e. The minimum atomic E-state index is -4.22. The average molecular weight is 398 g/mol. The Labute approximate surface area is 164 Å². The highest BCUT2D eigenvalue weighted by atomic mass is 19.4. The van der Waals surface area contributed by atoms with Gasteiger partial charge in [0.25, 0.3) is 0 Å². The van der Waals surface area contributed by atoms with E-state index in [1.165, 1.54) is 5.56 Å². The van der Waals surface area contributed by atoms with Crippen molar-refractivity contribution in [1.29, 1.82) is 0 Å². The Hall–Kier alpha value is -2.25. The second-order valence-electron chi connectivity index (χ2n) is 7.00. The van der Waals surface area contributed by atoms with E-state index in [1.54, 1.807) is 4.90 Å². The Morgan fingerprint density at radius 2 is 1.86 bits per heavy atom. The van der Waals surface area contributed by atoms with Gasteiger partial charge in [0, 0.05) is 26.2 Å². The summed E-state index contributed by atoms with van der Waals surface area (Å²) in [7, 11) is 0. The first-order valence-electron chi connectivity index (χ1n) is 9.78. The molecule has 0 saturated carbocycles. The van der Waals surface area contributed by atoms with Crippen LogP contribution in [0.2, 0.25) is 0 Å². The molecule has 1 fully saturated rings. The molecule has 156 valence electrons. The summed E-state index contributed by atoms with van der Waals surface area (Å²) in [5.41, 5.74) is 1.32. The van der Waals surface area contributed by atoms with Gasteiger partial charge in [0.2, 0.25) is 5.91 Å². The second-order valence-corrected chi connectivity index (χ2v) is 7.00. The van der Waals surface area contributed by atoms with Crippen LogP contribution in [-0.2, 0) is 11.2 Å². The third-order valence-corrected chi connectivity index (χ3v) is 4.75. The smallest absolute Gasteiger partial charge is 0.357 e. The fourth-order valence-corrected chi connectivity index (χ4v) is 3.24. The van der Waals surface area contributed by atoms with Crippen LogP contribution >= 0.6 is 0 Å². The Kier molecular flexibility index (Phi) is 8.60. The number of carbonyl (C=O) groups is 1. The molecule has 1 heterocycles. The lowest BCUT2D eigenvalue weighted by Gasteiger charge is -2.32. The van der Waals surface area contributed by atoms with Crippen molar-refractivity contribution < 1.29 is 18.0 Å². The van der Waals surface area contributed by atoms with Crippen LogP contribution in [0.3, 0.4) is 0 Å². The van der Waals surface area contributed by atoms with E-state index < -0.39 is 12.6 Å². The molecule has 0 unspecified atom stereocenters. The summed E-state index contributed by atoms with van der Waals surface area (Å²) in [6.45, 7) is 3.39. The molecule has 0 radical (unpaired) electrons. The zero-order valence-electron chi connectivity index (χ0n) is 16.3. The highest BCUT2D eigenvalue weighted by Crippen LogP contribution is 2.21. The van der Waals surface area contributed by atoms with Crippen molar-refractivity contribution in [2.75, 3.05) is 32.7 Å². The summed E-state index contributed by atoms with van der Waals surface area (Å²) in [5.74, 6) is 0.710. The van der Waals surface area contributed by atoms with Gasteiger partial charge in [0.1, 0.15) is 6.54 Å². The van der Waals surface area contributed by atoms with Crippen LogP contribution in [0, 0.1) is 5.92 Å². The number of piperidine rings is 1. The fraction of sp³-hybridized carbons (Fsp3) is 0.600. The maximum absolute atomic E-state index is 12.4. The van der Waals surface area contributed by atoms with Crippen molar-refractivity contribution in [3.63, 3.8) is 0 Å². The maximum atomic E-state index is 12.4. The topological polar surface area (TPSA) is 56.7 Å². The summed E-state index contributed by atoms with van der Waals surface area (Å²) in [6.07, 6.45) is -2.23. The molecule has 2 rings (SSSR count). The van der Waals surface area contributed by atoms with Crippen LogP contribution in [0.5, 0.6) is 0 Å². The first kappa shape index (κ1) is 22.0.